The number of carbonyl (C=O) groups is 2. The number of carboxylic acid groups (broad SMARTS) is 1. The van der Waals surface area contributed by atoms with Crippen LogP contribution >= 0.6 is 0 Å². The van der Waals surface area contributed by atoms with E-state index in [-0.39, 0.29) is 31.5 Å². The molecule has 0 saturated carbocycles. The highest BCUT2D eigenvalue weighted by molar-refractivity contribution is 5.79. The van der Waals surface area contributed by atoms with E-state index in [1.807, 2.05) is 0 Å². The lowest BCUT2D eigenvalue weighted by molar-refractivity contribution is -0.145. The number of morpholine rings is 1. The monoisotopic (exact) mass is 260 g/mol. The molecule has 0 radical (unpaired) electrons. The van der Waals surface area contributed by atoms with E-state index in [4.69, 9.17) is 14.6 Å². The molecule has 1 rings (SSSR count). The summed E-state index contributed by atoms with van der Waals surface area (Å²) in [6.45, 7) is 2.52. The van der Waals surface area contributed by atoms with E-state index in [0.29, 0.717) is 26.3 Å². The number of amides is 1. The third-order valence-corrected chi connectivity index (χ3v) is 2.72. The van der Waals surface area contributed by atoms with Gasteiger partial charge in [0.25, 0.3) is 0 Å². The Morgan fingerprint density at radius 3 is 3.00 bits per heavy atom. The smallest absolute Gasteiger partial charge is 0.305 e. The van der Waals surface area contributed by atoms with E-state index in [1.54, 1.807) is 12.0 Å². The zero-order valence-electron chi connectivity index (χ0n) is 10.6. The third-order valence-electron chi connectivity index (χ3n) is 2.72. The van der Waals surface area contributed by atoms with Crippen molar-refractivity contribution < 1.29 is 24.2 Å². The summed E-state index contributed by atoms with van der Waals surface area (Å²) in [6, 6.07) is -0.368. The fraction of sp³-hybridized carbons (Fsp3) is 0.818. The van der Waals surface area contributed by atoms with Gasteiger partial charge in [-0.1, -0.05) is 0 Å². The molecule has 1 saturated heterocycles. The molecule has 1 aliphatic rings. The van der Waals surface area contributed by atoms with Gasteiger partial charge in [0, 0.05) is 20.2 Å². The predicted molar refractivity (Wildman–Crippen MR) is 63.3 cm³/mol. The van der Waals surface area contributed by atoms with Crippen LogP contribution in [0.25, 0.3) is 0 Å². The molecular weight excluding hydrogens is 240 g/mol. The maximum atomic E-state index is 11.9. The molecule has 1 atom stereocenters. The number of carboxylic acids is 1. The predicted octanol–water partition coefficient (Wildman–Crippen LogP) is -1.08. The molecule has 0 aliphatic carbocycles. The lowest BCUT2D eigenvalue weighted by Gasteiger charge is -2.34. The van der Waals surface area contributed by atoms with E-state index in [1.165, 1.54) is 0 Å². The largest absolute Gasteiger partial charge is 0.481 e. The Bertz CT molecular complexity index is 285. The Morgan fingerprint density at radius 1 is 1.56 bits per heavy atom. The molecule has 0 bridgehead atoms. The van der Waals surface area contributed by atoms with Crippen LogP contribution in [-0.2, 0) is 19.1 Å². The maximum absolute atomic E-state index is 11.9. The Labute approximate surface area is 106 Å². The van der Waals surface area contributed by atoms with Crippen LogP contribution < -0.4 is 5.32 Å². The van der Waals surface area contributed by atoms with Crippen molar-refractivity contribution in [2.75, 3.05) is 46.6 Å². The molecule has 0 spiro atoms. The molecule has 1 fully saturated rings. The zero-order valence-corrected chi connectivity index (χ0v) is 10.6. The van der Waals surface area contributed by atoms with Gasteiger partial charge < -0.3 is 24.8 Å². The van der Waals surface area contributed by atoms with Crippen molar-refractivity contribution in [2.45, 2.75) is 12.5 Å². The number of aliphatic carboxylic acids is 1. The number of hydrogen-bond donors (Lipinski definition) is 2. The Kier molecular flexibility index (Phi) is 6.63. The van der Waals surface area contributed by atoms with Crippen LogP contribution in [0.3, 0.4) is 0 Å². The van der Waals surface area contributed by atoms with Gasteiger partial charge in [-0.15, -0.1) is 0 Å². The second kappa shape index (κ2) is 8.02. The molecule has 18 heavy (non-hydrogen) atoms. The maximum Gasteiger partial charge on any atom is 0.305 e. The van der Waals surface area contributed by atoms with Crippen LogP contribution in [0.1, 0.15) is 6.42 Å². The number of methoxy groups -OCH3 is 1. The molecule has 0 aromatic carbocycles. The standard InChI is InChI=1S/C11H20N2O5/c1-17-4-2-12-7-10(14)13-3-5-18-8-9(13)6-11(15)16/h9,12H,2-8H2,1H3,(H,15,16). The van der Waals surface area contributed by atoms with Gasteiger partial charge in [0.15, 0.2) is 0 Å². The van der Waals surface area contributed by atoms with E-state index < -0.39 is 5.97 Å². The molecule has 0 aromatic rings. The number of nitrogens with zero attached hydrogens (tertiary/aromatic N) is 1. The van der Waals surface area contributed by atoms with Crippen molar-refractivity contribution in [3.05, 3.63) is 0 Å². The number of rotatable bonds is 7. The molecule has 0 aromatic heterocycles. The first-order valence-corrected chi connectivity index (χ1v) is 5.93. The highest BCUT2D eigenvalue weighted by atomic mass is 16.5. The molecular formula is C11H20N2O5. The summed E-state index contributed by atoms with van der Waals surface area (Å²) in [5.41, 5.74) is 0. The Hall–Kier alpha value is -1.18. The van der Waals surface area contributed by atoms with Gasteiger partial charge in [-0.25, -0.2) is 0 Å². The first-order chi connectivity index (χ1) is 8.65. The number of carbonyl (C=O) groups excluding carboxylic acids is 1. The van der Waals surface area contributed by atoms with Gasteiger partial charge >= 0.3 is 5.97 Å². The molecule has 7 nitrogen and oxygen atoms in total. The molecule has 7 heteroatoms. The second-order valence-corrected chi connectivity index (χ2v) is 4.08. The normalized spacial score (nSPS) is 19.8. The summed E-state index contributed by atoms with van der Waals surface area (Å²) < 4.78 is 10.1. The van der Waals surface area contributed by atoms with Crippen LogP contribution in [0.5, 0.6) is 0 Å². The Morgan fingerprint density at radius 2 is 2.33 bits per heavy atom. The van der Waals surface area contributed by atoms with Crippen molar-refractivity contribution in [3.63, 3.8) is 0 Å². The van der Waals surface area contributed by atoms with Crippen molar-refractivity contribution in [3.8, 4) is 0 Å². The molecule has 1 aliphatic heterocycles. The van der Waals surface area contributed by atoms with Gasteiger partial charge in [0.2, 0.25) is 5.91 Å². The first kappa shape index (κ1) is 14.9. The first-order valence-electron chi connectivity index (χ1n) is 5.93. The van der Waals surface area contributed by atoms with Crippen LogP contribution in [0.4, 0.5) is 0 Å². The van der Waals surface area contributed by atoms with Crippen LogP contribution in [-0.4, -0.2) is 74.5 Å². The van der Waals surface area contributed by atoms with Crippen molar-refractivity contribution in [1.82, 2.24) is 10.2 Å². The van der Waals surface area contributed by atoms with Crippen molar-refractivity contribution in [1.29, 1.82) is 0 Å². The van der Waals surface area contributed by atoms with Gasteiger partial charge in [-0.3, -0.25) is 9.59 Å². The van der Waals surface area contributed by atoms with Crippen LogP contribution in [0, 0.1) is 0 Å². The number of ether oxygens (including phenoxy) is 2. The highest BCUT2D eigenvalue weighted by Crippen LogP contribution is 2.10. The van der Waals surface area contributed by atoms with E-state index in [2.05, 4.69) is 5.32 Å². The summed E-state index contributed by atoms with van der Waals surface area (Å²) in [7, 11) is 1.59. The molecule has 1 amide bonds. The number of hydrogen-bond acceptors (Lipinski definition) is 5. The molecule has 2 N–H and O–H groups in total. The third kappa shape index (κ3) is 4.99. The lowest BCUT2D eigenvalue weighted by Crippen LogP contribution is -2.52. The summed E-state index contributed by atoms with van der Waals surface area (Å²) in [5, 5.41) is 11.7. The van der Waals surface area contributed by atoms with E-state index in [9.17, 15) is 9.59 Å². The minimum absolute atomic E-state index is 0.0796. The fourth-order valence-electron chi connectivity index (χ4n) is 1.82. The summed E-state index contributed by atoms with van der Waals surface area (Å²) in [6.07, 6.45) is -0.0796. The van der Waals surface area contributed by atoms with E-state index in [0.717, 1.165) is 0 Å². The quantitative estimate of drug-likeness (QED) is 0.566. The lowest BCUT2D eigenvalue weighted by atomic mass is 10.1. The SMILES string of the molecule is COCCNCC(=O)N1CCOCC1CC(=O)O. The number of nitrogens with one attached hydrogen (secondary N) is 1. The van der Waals surface area contributed by atoms with Gasteiger partial charge in [0.05, 0.1) is 38.8 Å². The average molecular weight is 260 g/mol. The fourth-order valence-corrected chi connectivity index (χ4v) is 1.82. The van der Waals surface area contributed by atoms with Gasteiger partial charge in [-0.2, -0.15) is 0 Å². The molecule has 1 unspecified atom stereocenters. The highest BCUT2D eigenvalue weighted by Gasteiger charge is 2.28. The minimum Gasteiger partial charge on any atom is -0.481 e. The summed E-state index contributed by atoms with van der Waals surface area (Å²) in [4.78, 5) is 24.2. The van der Waals surface area contributed by atoms with Crippen LogP contribution in [0.15, 0.2) is 0 Å². The van der Waals surface area contributed by atoms with Gasteiger partial charge in [-0.05, 0) is 0 Å². The molecule has 104 valence electrons. The van der Waals surface area contributed by atoms with Crippen molar-refractivity contribution in [2.24, 2.45) is 0 Å². The van der Waals surface area contributed by atoms with Gasteiger partial charge in [0.1, 0.15) is 0 Å². The zero-order chi connectivity index (χ0) is 13.4. The topological polar surface area (TPSA) is 88.1 Å². The second-order valence-electron chi connectivity index (χ2n) is 4.08. The Balaban J connectivity index is 2.39. The summed E-state index contributed by atoms with van der Waals surface area (Å²) in [5.74, 6) is -1.02. The minimum atomic E-state index is -0.921. The molecule has 1 heterocycles. The van der Waals surface area contributed by atoms with Crippen LogP contribution in [0.2, 0.25) is 0 Å². The van der Waals surface area contributed by atoms with E-state index >= 15 is 0 Å². The van der Waals surface area contributed by atoms with Crippen molar-refractivity contribution >= 4 is 11.9 Å². The average Bonchev–Trinajstić information content (AvgIpc) is 2.34. The summed E-state index contributed by atoms with van der Waals surface area (Å²) >= 11 is 0.